The third kappa shape index (κ3) is 3.78. The summed E-state index contributed by atoms with van der Waals surface area (Å²) in [6, 6.07) is 8.12. The Morgan fingerprint density at radius 3 is 2.90 bits per heavy atom. The molecule has 108 valence electrons. The van der Waals surface area contributed by atoms with Crippen LogP contribution in [0.15, 0.2) is 34.9 Å². The lowest BCUT2D eigenvalue weighted by Crippen LogP contribution is -2.37. The number of aliphatic hydroxyl groups is 1. The first kappa shape index (κ1) is 15.4. The maximum Gasteiger partial charge on any atom is 0.0758 e. The van der Waals surface area contributed by atoms with Crippen molar-refractivity contribution in [1.82, 2.24) is 10.3 Å². The molecular formula is C16H21BrN2O. The highest BCUT2D eigenvalue weighted by molar-refractivity contribution is 9.10. The number of aromatic nitrogens is 1. The van der Waals surface area contributed by atoms with E-state index in [1.54, 1.807) is 0 Å². The molecule has 0 saturated heterocycles. The van der Waals surface area contributed by atoms with Gasteiger partial charge in [-0.2, -0.15) is 0 Å². The molecule has 0 amide bonds. The minimum atomic E-state index is -0.645. The van der Waals surface area contributed by atoms with Crippen LogP contribution in [0.1, 0.15) is 32.3 Å². The first-order chi connectivity index (χ1) is 9.53. The fourth-order valence-corrected chi connectivity index (χ4v) is 2.88. The molecule has 4 heteroatoms. The van der Waals surface area contributed by atoms with Crippen LogP contribution in [0.25, 0.3) is 10.9 Å². The Kier molecular flexibility index (Phi) is 5.13. The third-order valence-electron chi connectivity index (χ3n) is 3.41. The minimum absolute atomic E-state index is 0.589. The Balaban J connectivity index is 2.09. The van der Waals surface area contributed by atoms with Crippen LogP contribution in [0.2, 0.25) is 0 Å². The van der Waals surface area contributed by atoms with Gasteiger partial charge in [-0.15, -0.1) is 0 Å². The number of halogens is 1. The molecule has 1 unspecified atom stereocenters. The summed E-state index contributed by atoms with van der Waals surface area (Å²) < 4.78 is 1.06. The van der Waals surface area contributed by atoms with Crippen LogP contribution in [-0.2, 0) is 6.54 Å². The molecule has 2 rings (SSSR count). The van der Waals surface area contributed by atoms with Crippen LogP contribution in [0.4, 0.5) is 0 Å². The van der Waals surface area contributed by atoms with Gasteiger partial charge in [-0.25, -0.2) is 0 Å². The average Bonchev–Trinajstić information content (AvgIpc) is 2.41. The Labute approximate surface area is 128 Å². The maximum absolute atomic E-state index is 10.2. The van der Waals surface area contributed by atoms with Crippen LogP contribution < -0.4 is 5.32 Å². The summed E-state index contributed by atoms with van der Waals surface area (Å²) in [6.07, 6.45) is 3.60. The van der Waals surface area contributed by atoms with Gasteiger partial charge in [-0.3, -0.25) is 4.98 Å². The van der Waals surface area contributed by atoms with Crippen LogP contribution in [0.5, 0.6) is 0 Å². The predicted octanol–water partition coefficient (Wildman–Crippen LogP) is 3.64. The van der Waals surface area contributed by atoms with Crippen molar-refractivity contribution in [3.63, 3.8) is 0 Å². The topological polar surface area (TPSA) is 45.1 Å². The van der Waals surface area contributed by atoms with Crippen LogP contribution >= 0.6 is 15.9 Å². The number of pyridine rings is 1. The first-order valence-electron chi connectivity index (χ1n) is 6.99. The van der Waals surface area contributed by atoms with E-state index in [2.05, 4.69) is 45.3 Å². The highest BCUT2D eigenvalue weighted by atomic mass is 79.9. The van der Waals surface area contributed by atoms with Gasteiger partial charge < -0.3 is 10.4 Å². The van der Waals surface area contributed by atoms with Crippen molar-refractivity contribution >= 4 is 26.8 Å². The van der Waals surface area contributed by atoms with Crippen molar-refractivity contribution in [1.29, 1.82) is 0 Å². The molecule has 0 radical (unpaired) electrons. The summed E-state index contributed by atoms with van der Waals surface area (Å²) in [5, 5.41) is 14.6. The fraction of sp³-hybridized carbons (Fsp3) is 0.438. The molecule has 3 nitrogen and oxygen atoms in total. The second-order valence-corrected chi connectivity index (χ2v) is 6.31. The molecule has 2 aromatic rings. The average molecular weight is 337 g/mol. The van der Waals surface area contributed by atoms with Crippen LogP contribution in [0, 0.1) is 0 Å². The van der Waals surface area contributed by atoms with E-state index >= 15 is 0 Å². The molecule has 0 aliphatic carbocycles. The van der Waals surface area contributed by atoms with E-state index in [1.165, 1.54) is 0 Å². The summed E-state index contributed by atoms with van der Waals surface area (Å²) in [5.74, 6) is 0. The summed E-state index contributed by atoms with van der Waals surface area (Å²) in [7, 11) is 0. The number of fused-ring (bicyclic) bond motifs is 1. The van der Waals surface area contributed by atoms with E-state index in [-0.39, 0.29) is 0 Å². The van der Waals surface area contributed by atoms with Crippen molar-refractivity contribution in [2.24, 2.45) is 0 Å². The van der Waals surface area contributed by atoms with E-state index in [9.17, 15) is 5.11 Å². The van der Waals surface area contributed by atoms with Gasteiger partial charge in [0.1, 0.15) is 0 Å². The first-order valence-corrected chi connectivity index (χ1v) is 7.78. The molecule has 2 N–H and O–H groups in total. The largest absolute Gasteiger partial charge is 0.389 e. The number of hydrogen-bond acceptors (Lipinski definition) is 3. The second kappa shape index (κ2) is 6.66. The molecule has 0 fully saturated rings. The van der Waals surface area contributed by atoms with Gasteiger partial charge >= 0.3 is 0 Å². The quantitative estimate of drug-likeness (QED) is 0.846. The van der Waals surface area contributed by atoms with Crippen LogP contribution in [-0.4, -0.2) is 22.2 Å². The lowest BCUT2D eigenvalue weighted by Gasteiger charge is -2.23. The van der Waals surface area contributed by atoms with Crippen molar-refractivity contribution < 1.29 is 5.11 Å². The summed E-state index contributed by atoms with van der Waals surface area (Å²) >= 11 is 3.55. The molecule has 0 saturated carbocycles. The third-order valence-corrected chi connectivity index (χ3v) is 4.10. The highest BCUT2D eigenvalue weighted by Crippen LogP contribution is 2.25. The molecule has 20 heavy (non-hydrogen) atoms. The smallest absolute Gasteiger partial charge is 0.0758 e. The number of benzene rings is 1. The zero-order valence-electron chi connectivity index (χ0n) is 12.0. The molecule has 0 bridgehead atoms. The minimum Gasteiger partial charge on any atom is -0.389 e. The summed E-state index contributed by atoms with van der Waals surface area (Å²) in [6.45, 7) is 5.26. The number of hydrogen-bond donors (Lipinski definition) is 2. The molecule has 1 atom stereocenters. The maximum atomic E-state index is 10.2. The Morgan fingerprint density at radius 2 is 2.15 bits per heavy atom. The second-order valence-electron chi connectivity index (χ2n) is 5.46. The number of nitrogens with one attached hydrogen (secondary N) is 1. The fourth-order valence-electron chi connectivity index (χ4n) is 2.43. The van der Waals surface area contributed by atoms with Crippen molar-refractivity contribution in [2.45, 2.75) is 38.8 Å². The zero-order chi connectivity index (χ0) is 14.6. The molecule has 1 aromatic heterocycles. The Morgan fingerprint density at radius 1 is 1.35 bits per heavy atom. The molecule has 1 heterocycles. The van der Waals surface area contributed by atoms with Crippen LogP contribution in [0.3, 0.4) is 0 Å². The Bertz CT molecular complexity index is 584. The lowest BCUT2D eigenvalue weighted by molar-refractivity contribution is 0.0498. The molecule has 0 spiro atoms. The van der Waals surface area contributed by atoms with Crippen molar-refractivity contribution in [2.75, 3.05) is 6.54 Å². The van der Waals surface area contributed by atoms with Gasteiger partial charge in [0.15, 0.2) is 0 Å². The molecule has 1 aromatic carbocycles. The van der Waals surface area contributed by atoms with Gasteiger partial charge in [-0.05, 0) is 31.0 Å². The van der Waals surface area contributed by atoms with E-state index in [1.807, 2.05) is 25.3 Å². The van der Waals surface area contributed by atoms with Crippen molar-refractivity contribution in [3.05, 3.63) is 40.5 Å². The lowest BCUT2D eigenvalue weighted by atomic mass is 10.0. The monoisotopic (exact) mass is 336 g/mol. The van der Waals surface area contributed by atoms with E-state index < -0.39 is 5.60 Å². The predicted molar refractivity (Wildman–Crippen MR) is 86.7 cm³/mol. The highest BCUT2D eigenvalue weighted by Gasteiger charge is 2.18. The SMILES string of the molecule is CCCC(C)(O)CNCc1ccc(Br)c2cccnc12. The number of rotatable bonds is 6. The van der Waals surface area contributed by atoms with Gasteiger partial charge in [0.2, 0.25) is 0 Å². The molecule has 0 aliphatic heterocycles. The van der Waals surface area contributed by atoms with Gasteiger partial charge in [0, 0.05) is 29.1 Å². The standard InChI is InChI=1S/C16H21BrN2O/c1-3-8-16(2,20)11-18-10-12-6-7-14(17)13-5-4-9-19-15(12)13/h4-7,9,18,20H,3,8,10-11H2,1-2H3. The molecular weight excluding hydrogens is 316 g/mol. The van der Waals surface area contributed by atoms with Gasteiger partial charge in [0.05, 0.1) is 11.1 Å². The van der Waals surface area contributed by atoms with Crippen molar-refractivity contribution in [3.8, 4) is 0 Å². The van der Waals surface area contributed by atoms with E-state index in [0.717, 1.165) is 33.8 Å². The van der Waals surface area contributed by atoms with E-state index in [0.29, 0.717) is 13.1 Å². The molecule has 0 aliphatic rings. The zero-order valence-corrected chi connectivity index (χ0v) is 13.6. The Hall–Kier alpha value is -0.970. The summed E-state index contributed by atoms with van der Waals surface area (Å²) in [5.41, 5.74) is 1.51. The normalized spacial score (nSPS) is 14.4. The van der Waals surface area contributed by atoms with Gasteiger partial charge in [-0.1, -0.05) is 41.4 Å². The summed E-state index contributed by atoms with van der Waals surface area (Å²) in [4.78, 5) is 4.46. The van der Waals surface area contributed by atoms with E-state index in [4.69, 9.17) is 0 Å². The van der Waals surface area contributed by atoms with Gasteiger partial charge in [0.25, 0.3) is 0 Å². The number of nitrogens with zero attached hydrogens (tertiary/aromatic N) is 1.